The first-order chi connectivity index (χ1) is 28.7. The molecule has 0 aliphatic rings. The quantitative estimate of drug-likeness (QED) is 0.180. The number of aromatic nitrogens is 3. The third-order valence-corrected chi connectivity index (χ3v) is 12.0. The average Bonchev–Trinajstić information content (AvgIpc) is 4.03. The monoisotopic (exact) mass is 741 g/mol. The summed E-state index contributed by atoms with van der Waals surface area (Å²) in [5, 5.41) is 8.00. The molecular formula is C53H31N3O2. The molecule has 0 unspecified atom stereocenters. The summed E-state index contributed by atoms with van der Waals surface area (Å²) in [6.07, 6.45) is 1.86. The van der Waals surface area contributed by atoms with Crippen LogP contribution in [-0.2, 0) is 0 Å². The summed E-state index contributed by atoms with van der Waals surface area (Å²) in [6.45, 7) is 0. The van der Waals surface area contributed by atoms with Crippen LogP contribution in [0.5, 0.6) is 0 Å². The van der Waals surface area contributed by atoms with Gasteiger partial charge in [-0.05, 0) is 119 Å². The van der Waals surface area contributed by atoms with E-state index in [4.69, 9.17) is 13.8 Å². The van der Waals surface area contributed by atoms with Crippen molar-refractivity contribution in [3.8, 4) is 33.6 Å². The Kier molecular flexibility index (Phi) is 6.38. The molecule has 0 amide bonds. The van der Waals surface area contributed by atoms with Gasteiger partial charge in [0.2, 0.25) is 0 Å². The molecule has 13 rings (SSSR count). The molecule has 8 aromatic carbocycles. The van der Waals surface area contributed by atoms with Crippen molar-refractivity contribution in [3.63, 3.8) is 0 Å². The molecule has 13 aromatic rings. The van der Waals surface area contributed by atoms with Gasteiger partial charge in [0.1, 0.15) is 22.3 Å². The number of rotatable bonds is 4. The summed E-state index contributed by atoms with van der Waals surface area (Å²) in [5.74, 6) is 0. The second-order valence-electron chi connectivity index (χ2n) is 15.2. The van der Waals surface area contributed by atoms with Gasteiger partial charge in [-0.2, -0.15) is 0 Å². The van der Waals surface area contributed by atoms with Crippen molar-refractivity contribution in [1.82, 2.24) is 14.1 Å². The molecule has 5 nitrogen and oxygen atoms in total. The van der Waals surface area contributed by atoms with Crippen LogP contribution in [0.4, 0.5) is 0 Å². The van der Waals surface area contributed by atoms with Crippen LogP contribution in [0, 0.1) is 0 Å². The molecule has 0 radical (unpaired) electrons. The van der Waals surface area contributed by atoms with Crippen LogP contribution >= 0.6 is 0 Å². The number of nitrogens with zero attached hydrogens (tertiary/aromatic N) is 3. The van der Waals surface area contributed by atoms with Crippen molar-refractivity contribution in [2.45, 2.75) is 0 Å². The van der Waals surface area contributed by atoms with Gasteiger partial charge in [-0.3, -0.25) is 4.98 Å². The van der Waals surface area contributed by atoms with E-state index in [1.165, 1.54) is 21.8 Å². The lowest BCUT2D eigenvalue weighted by Crippen LogP contribution is -1.93. The highest BCUT2D eigenvalue weighted by molar-refractivity contribution is 6.12. The Morgan fingerprint density at radius 2 is 0.741 bits per heavy atom. The molecule has 0 spiro atoms. The Balaban J connectivity index is 0.909. The Bertz CT molecular complexity index is 3470. The van der Waals surface area contributed by atoms with Gasteiger partial charge in [0.25, 0.3) is 0 Å². The van der Waals surface area contributed by atoms with E-state index in [-0.39, 0.29) is 0 Å². The first kappa shape index (κ1) is 31.3. The molecule has 0 N–H and O–H groups in total. The Morgan fingerprint density at radius 1 is 0.310 bits per heavy atom. The molecule has 270 valence electrons. The van der Waals surface area contributed by atoms with Gasteiger partial charge in [0.15, 0.2) is 0 Å². The van der Waals surface area contributed by atoms with Crippen LogP contribution in [-0.4, -0.2) is 14.1 Å². The summed E-state index contributed by atoms with van der Waals surface area (Å²) in [4.78, 5) is 4.74. The maximum atomic E-state index is 6.40. The third-order valence-electron chi connectivity index (χ3n) is 12.0. The normalized spacial score (nSPS) is 12.1. The highest BCUT2D eigenvalue weighted by Gasteiger charge is 2.17. The van der Waals surface area contributed by atoms with E-state index in [2.05, 4.69) is 185 Å². The van der Waals surface area contributed by atoms with E-state index >= 15 is 0 Å². The number of pyridine rings is 1. The second-order valence-corrected chi connectivity index (χ2v) is 15.2. The summed E-state index contributed by atoms with van der Waals surface area (Å²) < 4.78 is 17.5. The van der Waals surface area contributed by atoms with Crippen LogP contribution in [0.15, 0.2) is 197 Å². The van der Waals surface area contributed by atoms with Crippen molar-refractivity contribution in [2.75, 3.05) is 0 Å². The van der Waals surface area contributed by atoms with Crippen molar-refractivity contribution < 1.29 is 8.83 Å². The molecule has 0 fully saturated rings. The van der Waals surface area contributed by atoms with E-state index in [1.807, 2.05) is 12.3 Å². The van der Waals surface area contributed by atoms with Crippen LogP contribution in [0.1, 0.15) is 0 Å². The lowest BCUT2D eigenvalue weighted by atomic mass is 9.97. The van der Waals surface area contributed by atoms with Gasteiger partial charge in [0.05, 0.1) is 27.6 Å². The lowest BCUT2D eigenvalue weighted by molar-refractivity contribution is 0.668. The molecule has 0 bridgehead atoms. The maximum Gasteiger partial charge on any atom is 0.135 e. The number of hydrogen-bond acceptors (Lipinski definition) is 3. The highest BCUT2D eigenvalue weighted by Crippen LogP contribution is 2.39. The summed E-state index contributed by atoms with van der Waals surface area (Å²) in [7, 11) is 0. The van der Waals surface area contributed by atoms with Crippen LogP contribution in [0.3, 0.4) is 0 Å². The minimum atomic E-state index is 0.866. The zero-order valence-electron chi connectivity index (χ0n) is 31.1. The number of furan rings is 2. The fraction of sp³-hybridized carbons (Fsp3) is 0. The fourth-order valence-electron chi connectivity index (χ4n) is 9.31. The molecule has 5 heteroatoms. The van der Waals surface area contributed by atoms with E-state index in [1.54, 1.807) is 0 Å². The first-order valence-electron chi connectivity index (χ1n) is 19.6. The van der Waals surface area contributed by atoms with Crippen molar-refractivity contribution in [1.29, 1.82) is 0 Å². The Hall–Kier alpha value is -7.89. The van der Waals surface area contributed by atoms with Gasteiger partial charge in [-0.15, -0.1) is 0 Å². The minimum absolute atomic E-state index is 0.866. The van der Waals surface area contributed by atoms with Gasteiger partial charge in [-0.1, -0.05) is 84.9 Å². The summed E-state index contributed by atoms with van der Waals surface area (Å²) in [6, 6.07) is 64.8. The number of fused-ring (bicyclic) bond motifs is 12. The topological polar surface area (TPSA) is 49.0 Å². The minimum Gasteiger partial charge on any atom is -0.456 e. The van der Waals surface area contributed by atoms with E-state index in [9.17, 15) is 0 Å². The van der Waals surface area contributed by atoms with Crippen LogP contribution < -0.4 is 0 Å². The smallest absolute Gasteiger partial charge is 0.135 e. The molecule has 0 saturated carbocycles. The van der Waals surface area contributed by atoms with Gasteiger partial charge in [-0.25, -0.2) is 0 Å². The zero-order valence-corrected chi connectivity index (χ0v) is 31.1. The Morgan fingerprint density at radius 3 is 1.31 bits per heavy atom. The maximum absolute atomic E-state index is 6.40. The zero-order chi connectivity index (χ0) is 37.9. The van der Waals surface area contributed by atoms with Gasteiger partial charge >= 0.3 is 0 Å². The van der Waals surface area contributed by atoms with Crippen molar-refractivity contribution in [2.24, 2.45) is 0 Å². The molecule has 5 aromatic heterocycles. The predicted molar refractivity (Wildman–Crippen MR) is 238 cm³/mol. The third kappa shape index (κ3) is 4.50. The van der Waals surface area contributed by atoms with Gasteiger partial charge < -0.3 is 18.0 Å². The SMILES string of the molecule is c1cc(-c2ccc3oc4ccc(-n5c6ccccc6c6ccccc65)cc4c3c2)cc(-c2ccc3oc4ccc(-n5c6ccccc6c6ncccc65)cc4c3c2)c1. The number of benzene rings is 8. The predicted octanol–water partition coefficient (Wildman–Crippen LogP) is 14.4. The van der Waals surface area contributed by atoms with Crippen LogP contribution in [0.25, 0.3) is 121 Å². The molecule has 0 aliphatic heterocycles. The molecule has 0 aliphatic carbocycles. The molecule has 0 saturated heterocycles. The van der Waals surface area contributed by atoms with Crippen molar-refractivity contribution >= 4 is 87.6 Å². The molecular weight excluding hydrogens is 711 g/mol. The number of para-hydroxylation sites is 3. The summed E-state index contributed by atoms with van der Waals surface area (Å²) in [5.41, 5.74) is 15.8. The lowest BCUT2D eigenvalue weighted by Gasteiger charge is -2.08. The van der Waals surface area contributed by atoms with Gasteiger partial charge in [0, 0.05) is 55.3 Å². The average molecular weight is 742 g/mol. The van der Waals surface area contributed by atoms with Crippen molar-refractivity contribution in [3.05, 3.63) is 188 Å². The van der Waals surface area contributed by atoms with E-state index in [0.717, 1.165) is 99.4 Å². The van der Waals surface area contributed by atoms with E-state index < -0.39 is 0 Å². The molecule has 5 heterocycles. The number of hydrogen-bond donors (Lipinski definition) is 0. The standard InChI is InChI=1S/C53H31N3O2/c1-4-14-45-38(11-1)39-12-2-5-15-46(39)55(45)36-20-24-51-43(30-36)41-28-34(18-22-49(41)57-51)32-9-7-10-33(27-32)35-19-23-50-42(29-35)44-31-37(21-25-52(44)58-50)56-47-16-6-3-13-40(47)53-48(56)17-8-26-54-53/h1-31H. The molecule has 0 atom stereocenters. The van der Waals surface area contributed by atoms with Crippen LogP contribution in [0.2, 0.25) is 0 Å². The first-order valence-corrected chi connectivity index (χ1v) is 19.6. The Labute approximate surface area is 331 Å². The largest absolute Gasteiger partial charge is 0.456 e. The highest BCUT2D eigenvalue weighted by atomic mass is 16.3. The molecule has 58 heavy (non-hydrogen) atoms. The van der Waals surface area contributed by atoms with E-state index in [0.29, 0.717) is 0 Å². The second kappa shape index (κ2) is 11.8. The fourth-order valence-corrected chi connectivity index (χ4v) is 9.31. The summed E-state index contributed by atoms with van der Waals surface area (Å²) >= 11 is 0.